The van der Waals surface area contributed by atoms with Crippen molar-refractivity contribution in [2.75, 3.05) is 18.7 Å². The Morgan fingerprint density at radius 1 is 1.54 bits per heavy atom. The second kappa shape index (κ2) is 4.77. The van der Waals surface area contributed by atoms with Crippen LogP contribution in [0.1, 0.15) is 0 Å². The molecule has 0 radical (unpaired) electrons. The second-order valence-corrected chi connectivity index (χ2v) is 3.18. The van der Waals surface area contributed by atoms with Crippen LogP contribution in [-0.2, 0) is 4.79 Å². The van der Waals surface area contributed by atoms with Gasteiger partial charge in [-0.1, -0.05) is 0 Å². The van der Waals surface area contributed by atoms with Crippen LogP contribution < -0.4 is 10.1 Å². The summed E-state index contributed by atoms with van der Waals surface area (Å²) in [4.78, 5) is 11.3. The van der Waals surface area contributed by atoms with E-state index in [0.717, 1.165) is 16.3 Å². The van der Waals surface area contributed by atoms with Gasteiger partial charge in [-0.2, -0.15) is 0 Å². The van der Waals surface area contributed by atoms with Gasteiger partial charge in [0, 0.05) is 11.0 Å². The molecule has 4 heteroatoms. The van der Waals surface area contributed by atoms with Gasteiger partial charge in [0.2, 0.25) is 6.41 Å². The normalized spacial score (nSPS) is 9.38. The van der Waals surface area contributed by atoms with Gasteiger partial charge in [-0.05, 0) is 18.4 Å². The molecule has 1 N–H and O–H groups in total. The predicted molar refractivity (Wildman–Crippen MR) is 54.5 cm³/mol. The Bertz CT molecular complexity index is 302. The van der Waals surface area contributed by atoms with E-state index < -0.39 is 0 Å². The molecule has 3 nitrogen and oxygen atoms in total. The van der Waals surface area contributed by atoms with Crippen LogP contribution in [0.15, 0.2) is 23.1 Å². The fourth-order valence-corrected chi connectivity index (χ4v) is 1.53. The number of methoxy groups -OCH3 is 1. The van der Waals surface area contributed by atoms with Crippen LogP contribution in [0.3, 0.4) is 0 Å². The third kappa shape index (κ3) is 2.39. The van der Waals surface area contributed by atoms with Crippen molar-refractivity contribution in [3.8, 4) is 5.75 Å². The maximum absolute atomic E-state index is 10.3. The molecule has 0 aromatic heterocycles. The fourth-order valence-electron chi connectivity index (χ4n) is 0.990. The number of carbonyl (C=O) groups excluding carboxylic acids is 1. The van der Waals surface area contributed by atoms with Crippen molar-refractivity contribution in [1.29, 1.82) is 0 Å². The predicted octanol–water partition coefficient (Wildman–Crippen LogP) is 1.99. The first-order valence-corrected chi connectivity index (χ1v) is 4.96. The minimum atomic E-state index is 0.661. The van der Waals surface area contributed by atoms with Crippen molar-refractivity contribution in [3.05, 3.63) is 18.2 Å². The highest BCUT2D eigenvalue weighted by atomic mass is 32.2. The van der Waals surface area contributed by atoms with E-state index in [2.05, 4.69) is 5.32 Å². The summed E-state index contributed by atoms with van der Waals surface area (Å²) in [5.74, 6) is 0.738. The lowest BCUT2D eigenvalue weighted by Gasteiger charge is -2.07. The monoisotopic (exact) mass is 197 g/mol. The van der Waals surface area contributed by atoms with E-state index >= 15 is 0 Å². The highest BCUT2D eigenvalue weighted by Crippen LogP contribution is 2.28. The summed E-state index contributed by atoms with van der Waals surface area (Å²) in [6.45, 7) is 0. The largest absolute Gasteiger partial charge is 0.497 e. The minimum absolute atomic E-state index is 0.661. The summed E-state index contributed by atoms with van der Waals surface area (Å²) in [5.41, 5.74) is 0.779. The molecule has 0 saturated heterocycles. The van der Waals surface area contributed by atoms with Gasteiger partial charge in [-0.3, -0.25) is 4.79 Å². The molecule has 1 amide bonds. The van der Waals surface area contributed by atoms with Crippen LogP contribution in [0, 0.1) is 0 Å². The summed E-state index contributed by atoms with van der Waals surface area (Å²) in [5, 5.41) is 2.62. The Labute approximate surface area is 81.5 Å². The van der Waals surface area contributed by atoms with Crippen LogP contribution in [0.4, 0.5) is 5.69 Å². The van der Waals surface area contributed by atoms with Crippen LogP contribution in [0.5, 0.6) is 5.75 Å². The average Bonchev–Trinajstić information content (AvgIpc) is 2.18. The van der Waals surface area contributed by atoms with Crippen LogP contribution in [-0.4, -0.2) is 19.8 Å². The van der Waals surface area contributed by atoms with Crippen molar-refractivity contribution in [2.45, 2.75) is 4.90 Å². The van der Waals surface area contributed by atoms with Crippen LogP contribution in [0.25, 0.3) is 0 Å². The van der Waals surface area contributed by atoms with Crippen molar-refractivity contribution in [2.24, 2.45) is 0 Å². The van der Waals surface area contributed by atoms with Crippen molar-refractivity contribution in [1.82, 2.24) is 0 Å². The van der Waals surface area contributed by atoms with Gasteiger partial charge in [0.1, 0.15) is 5.75 Å². The number of ether oxygens (including phenoxy) is 1. The molecule has 0 aliphatic heterocycles. The standard InChI is InChI=1S/C9H11NO2S/c1-12-7-3-4-9(13-2)8(5-7)10-6-11/h3-6H,1-2H3,(H,10,11). The Hall–Kier alpha value is -1.16. The van der Waals surface area contributed by atoms with Crippen LogP contribution in [0.2, 0.25) is 0 Å². The lowest BCUT2D eigenvalue weighted by atomic mass is 10.3. The third-order valence-corrected chi connectivity index (χ3v) is 2.42. The number of anilines is 1. The van der Waals surface area contributed by atoms with Crippen molar-refractivity contribution >= 4 is 23.9 Å². The van der Waals surface area contributed by atoms with Gasteiger partial charge >= 0.3 is 0 Å². The van der Waals surface area contributed by atoms with E-state index in [1.54, 1.807) is 24.9 Å². The average molecular weight is 197 g/mol. The Balaban J connectivity index is 3.01. The molecule has 0 fully saturated rings. The highest BCUT2D eigenvalue weighted by molar-refractivity contribution is 7.98. The maximum atomic E-state index is 10.3. The molecular formula is C9H11NO2S. The molecule has 0 bridgehead atoms. The second-order valence-electron chi connectivity index (χ2n) is 2.33. The molecule has 0 heterocycles. The number of amides is 1. The Morgan fingerprint density at radius 3 is 2.85 bits per heavy atom. The number of hydrogen-bond acceptors (Lipinski definition) is 3. The molecule has 1 rings (SSSR count). The number of nitrogens with one attached hydrogen (secondary N) is 1. The minimum Gasteiger partial charge on any atom is -0.497 e. The van der Waals surface area contributed by atoms with Crippen LogP contribution >= 0.6 is 11.8 Å². The lowest BCUT2D eigenvalue weighted by Crippen LogP contribution is -1.96. The summed E-state index contributed by atoms with van der Waals surface area (Å²) >= 11 is 1.58. The van der Waals surface area contributed by atoms with Gasteiger partial charge < -0.3 is 10.1 Å². The van der Waals surface area contributed by atoms with E-state index in [1.165, 1.54) is 0 Å². The zero-order valence-electron chi connectivity index (χ0n) is 7.53. The molecule has 1 aromatic carbocycles. The molecule has 0 saturated carbocycles. The summed E-state index contributed by atoms with van der Waals surface area (Å²) in [6.07, 6.45) is 2.62. The van der Waals surface area contributed by atoms with E-state index in [1.807, 2.05) is 18.4 Å². The quantitative estimate of drug-likeness (QED) is 0.592. The Kier molecular flexibility index (Phi) is 3.64. The number of carbonyl (C=O) groups is 1. The summed E-state index contributed by atoms with van der Waals surface area (Å²) in [6, 6.07) is 5.57. The molecule has 0 spiro atoms. The number of rotatable bonds is 4. The van der Waals surface area contributed by atoms with E-state index in [9.17, 15) is 4.79 Å². The molecule has 0 aliphatic rings. The first kappa shape index (κ1) is 9.92. The molecule has 70 valence electrons. The number of thioether (sulfide) groups is 1. The van der Waals surface area contributed by atoms with Crippen molar-refractivity contribution < 1.29 is 9.53 Å². The molecule has 0 aliphatic carbocycles. The van der Waals surface area contributed by atoms with Gasteiger partial charge in [-0.15, -0.1) is 11.8 Å². The zero-order chi connectivity index (χ0) is 9.68. The maximum Gasteiger partial charge on any atom is 0.211 e. The Morgan fingerprint density at radius 2 is 2.31 bits per heavy atom. The summed E-state index contributed by atoms with van der Waals surface area (Å²) < 4.78 is 5.04. The van der Waals surface area contributed by atoms with Gasteiger partial charge in [0.25, 0.3) is 0 Å². The van der Waals surface area contributed by atoms with E-state index in [0.29, 0.717) is 6.41 Å². The third-order valence-electron chi connectivity index (χ3n) is 1.62. The first-order chi connectivity index (χ1) is 6.31. The van der Waals surface area contributed by atoms with Gasteiger partial charge in [0.15, 0.2) is 0 Å². The summed E-state index contributed by atoms with van der Waals surface area (Å²) in [7, 11) is 1.60. The molecule has 0 atom stereocenters. The number of benzene rings is 1. The zero-order valence-corrected chi connectivity index (χ0v) is 8.35. The first-order valence-electron chi connectivity index (χ1n) is 3.74. The molecular weight excluding hydrogens is 186 g/mol. The molecule has 1 aromatic rings. The SMILES string of the molecule is COc1ccc(SC)c(NC=O)c1. The highest BCUT2D eigenvalue weighted by Gasteiger charge is 2.01. The number of hydrogen-bond donors (Lipinski definition) is 1. The van der Waals surface area contributed by atoms with Crippen molar-refractivity contribution in [3.63, 3.8) is 0 Å². The fraction of sp³-hybridized carbons (Fsp3) is 0.222. The van der Waals surface area contributed by atoms with Gasteiger partial charge in [0.05, 0.1) is 12.8 Å². The van der Waals surface area contributed by atoms with E-state index in [4.69, 9.17) is 4.74 Å². The van der Waals surface area contributed by atoms with E-state index in [-0.39, 0.29) is 0 Å². The lowest BCUT2D eigenvalue weighted by molar-refractivity contribution is -0.105. The van der Waals surface area contributed by atoms with Gasteiger partial charge in [-0.25, -0.2) is 0 Å². The topological polar surface area (TPSA) is 38.3 Å². The molecule has 13 heavy (non-hydrogen) atoms. The smallest absolute Gasteiger partial charge is 0.211 e. The molecule has 0 unspecified atom stereocenters.